The van der Waals surface area contributed by atoms with Crippen molar-refractivity contribution in [2.75, 3.05) is 0 Å². The number of benzene rings is 2. The van der Waals surface area contributed by atoms with Gasteiger partial charge in [0.25, 0.3) is 0 Å². The maximum Gasteiger partial charge on any atom is 0.0781 e. The summed E-state index contributed by atoms with van der Waals surface area (Å²) in [5.74, 6) is 0. The van der Waals surface area contributed by atoms with Crippen LogP contribution in [0.5, 0.6) is 0 Å². The number of nitrogens with one attached hydrogen (secondary N) is 1. The van der Waals surface area contributed by atoms with E-state index in [2.05, 4.69) is 5.32 Å². The summed E-state index contributed by atoms with van der Waals surface area (Å²) in [5, 5.41) is 13.7. The number of halogens is 3. The normalized spacial score (nSPS) is 12.4. The van der Waals surface area contributed by atoms with Crippen molar-refractivity contribution >= 4 is 34.8 Å². The van der Waals surface area contributed by atoms with Crippen LogP contribution in [0.2, 0.25) is 15.1 Å². The molecule has 2 N–H and O–H groups in total. The lowest BCUT2D eigenvalue weighted by atomic mass is 10.1. The molecule has 0 saturated carbocycles. The van der Waals surface area contributed by atoms with Crippen LogP contribution >= 0.6 is 34.8 Å². The summed E-state index contributed by atoms with van der Waals surface area (Å²) in [5.41, 5.74) is 2.95. The summed E-state index contributed by atoms with van der Waals surface area (Å²) in [6.45, 7) is 2.78. The Morgan fingerprint density at radius 2 is 1.57 bits per heavy atom. The third-order valence-electron chi connectivity index (χ3n) is 3.35. The molecule has 0 bridgehead atoms. The molecule has 2 nitrogen and oxygen atoms in total. The minimum Gasteiger partial charge on any atom is -0.392 e. The minimum atomic E-state index is 0.0461. The van der Waals surface area contributed by atoms with Crippen LogP contribution < -0.4 is 5.32 Å². The van der Waals surface area contributed by atoms with Gasteiger partial charge in [-0.3, -0.25) is 0 Å². The van der Waals surface area contributed by atoms with Gasteiger partial charge >= 0.3 is 0 Å². The third kappa shape index (κ3) is 4.12. The summed E-state index contributed by atoms with van der Waals surface area (Å²) >= 11 is 18.2. The van der Waals surface area contributed by atoms with E-state index >= 15 is 0 Å². The second-order valence-corrected chi connectivity index (χ2v) is 6.00. The molecule has 21 heavy (non-hydrogen) atoms. The summed E-state index contributed by atoms with van der Waals surface area (Å²) in [4.78, 5) is 0. The molecule has 0 aliphatic carbocycles. The zero-order valence-corrected chi connectivity index (χ0v) is 13.8. The maximum atomic E-state index is 9.02. The van der Waals surface area contributed by atoms with E-state index in [4.69, 9.17) is 39.9 Å². The van der Waals surface area contributed by atoms with Crippen LogP contribution in [0.4, 0.5) is 0 Å². The monoisotopic (exact) mass is 343 g/mol. The van der Waals surface area contributed by atoms with Crippen LogP contribution in [0.3, 0.4) is 0 Å². The summed E-state index contributed by atoms with van der Waals surface area (Å²) in [6.07, 6.45) is 0. The molecule has 5 heteroatoms. The van der Waals surface area contributed by atoms with Crippen molar-refractivity contribution in [3.63, 3.8) is 0 Å². The molecule has 0 amide bonds. The summed E-state index contributed by atoms with van der Waals surface area (Å²) < 4.78 is 0. The van der Waals surface area contributed by atoms with Crippen LogP contribution in [0.1, 0.15) is 29.7 Å². The summed E-state index contributed by atoms with van der Waals surface area (Å²) in [7, 11) is 0. The molecule has 0 radical (unpaired) electrons. The average molecular weight is 345 g/mol. The summed E-state index contributed by atoms with van der Waals surface area (Å²) in [6, 6.07) is 11.5. The van der Waals surface area contributed by atoms with Crippen molar-refractivity contribution in [1.82, 2.24) is 5.32 Å². The third-order valence-corrected chi connectivity index (χ3v) is 4.66. The molecule has 0 aromatic heterocycles. The first kappa shape index (κ1) is 16.6. The van der Waals surface area contributed by atoms with Gasteiger partial charge in [-0.25, -0.2) is 0 Å². The Balaban J connectivity index is 2.04. The van der Waals surface area contributed by atoms with Crippen molar-refractivity contribution < 1.29 is 5.11 Å². The number of hydrogen-bond acceptors (Lipinski definition) is 2. The maximum absolute atomic E-state index is 9.02. The first-order chi connectivity index (χ1) is 10.0. The van der Waals surface area contributed by atoms with Gasteiger partial charge in [0.1, 0.15) is 0 Å². The van der Waals surface area contributed by atoms with E-state index in [-0.39, 0.29) is 12.6 Å². The topological polar surface area (TPSA) is 32.3 Å². The van der Waals surface area contributed by atoms with Gasteiger partial charge in [0, 0.05) is 12.6 Å². The van der Waals surface area contributed by atoms with Crippen molar-refractivity contribution in [3.05, 3.63) is 68.2 Å². The van der Waals surface area contributed by atoms with E-state index in [1.807, 2.05) is 37.3 Å². The molecule has 0 spiro atoms. The molecule has 0 aliphatic rings. The second kappa shape index (κ2) is 7.48. The van der Waals surface area contributed by atoms with E-state index in [1.54, 1.807) is 6.07 Å². The van der Waals surface area contributed by atoms with Crippen molar-refractivity contribution in [2.24, 2.45) is 0 Å². The van der Waals surface area contributed by atoms with Gasteiger partial charge in [-0.05, 0) is 29.7 Å². The molecule has 0 aliphatic heterocycles. The Kier molecular flexibility index (Phi) is 5.91. The van der Waals surface area contributed by atoms with Gasteiger partial charge in [0.15, 0.2) is 0 Å². The highest BCUT2D eigenvalue weighted by Crippen LogP contribution is 2.35. The van der Waals surface area contributed by atoms with E-state index in [0.717, 1.165) is 16.7 Å². The van der Waals surface area contributed by atoms with E-state index in [1.165, 1.54) is 0 Å². The molecule has 1 atom stereocenters. The molecule has 0 fully saturated rings. The average Bonchev–Trinajstić information content (AvgIpc) is 2.51. The van der Waals surface area contributed by atoms with Crippen molar-refractivity contribution in [3.8, 4) is 0 Å². The predicted molar refractivity (Wildman–Crippen MR) is 89.1 cm³/mol. The Morgan fingerprint density at radius 1 is 0.952 bits per heavy atom. The fourth-order valence-electron chi connectivity index (χ4n) is 2.02. The molecule has 2 aromatic carbocycles. The SMILES string of the molecule is CC(NCc1ccc(CO)cc1)c1ccc(Cl)c(Cl)c1Cl. The Bertz CT molecular complexity index is 614. The van der Waals surface area contributed by atoms with E-state index in [9.17, 15) is 0 Å². The Morgan fingerprint density at radius 3 is 2.19 bits per heavy atom. The van der Waals surface area contributed by atoms with Crippen LogP contribution in [0.15, 0.2) is 36.4 Å². The van der Waals surface area contributed by atoms with Gasteiger partial charge in [-0.1, -0.05) is 65.1 Å². The molecule has 2 aromatic rings. The molecular formula is C16H16Cl3NO. The van der Waals surface area contributed by atoms with Gasteiger partial charge in [-0.2, -0.15) is 0 Å². The second-order valence-electron chi connectivity index (χ2n) is 4.84. The molecule has 1 unspecified atom stereocenters. The van der Waals surface area contributed by atoms with Crippen LogP contribution in [0.25, 0.3) is 0 Å². The first-order valence-corrected chi connectivity index (χ1v) is 7.71. The lowest BCUT2D eigenvalue weighted by molar-refractivity contribution is 0.282. The zero-order chi connectivity index (χ0) is 15.4. The largest absolute Gasteiger partial charge is 0.392 e. The number of hydrogen-bond donors (Lipinski definition) is 2. The van der Waals surface area contributed by atoms with Gasteiger partial charge in [0.2, 0.25) is 0 Å². The molecule has 0 saturated heterocycles. The molecule has 112 valence electrons. The van der Waals surface area contributed by atoms with Crippen LogP contribution in [0, 0.1) is 0 Å². The molecular weight excluding hydrogens is 329 g/mol. The zero-order valence-electron chi connectivity index (χ0n) is 11.5. The first-order valence-electron chi connectivity index (χ1n) is 6.58. The lowest BCUT2D eigenvalue weighted by Gasteiger charge is -2.17. The van der Waals surface area contributed by atoms with Gasteiger partial charge in [0.05, 0.1) is 21.7 Å². The highest BCUT2D eigenvalue weighted by Gasteiger charge is 2.14. The van der Waals surface area contributed by atoms with Crippen molar-refractivity contribution in [1.29, 1.82) is 0 Å². The van der Waals surface area contributed by atoms with Gasteiger partial charge < -0.3 is 10.4 Å². The lowest BCUT2D eigenvalue weighted by Crippen LogP contribution is -2.18. The molecule has 2 rings (SSSR count). The number of aliphatic hydroxyl groups is 1. The highest BCUT2D eigenvalue weighted by atomic mass is 35.5. The van der Waals surface area contributed by atoms with E-state index < -0.39 is 0 Å². The van der Waals surface area contributed by atoms with E-state index in [0.29, 0.717) is 21.6 Å². The van der Waals surface area contributed by atoms with Crippen molar-refractivity contribution in [2.45, 2.75) is 26.1 Å². The highest BCUT2D eigenvalue weighted by molar-refractivity contribution is 6.48. The van der Waals surface area contributed by atoms with Gasteiger partial charge in [-0.15, -0.1) is 0 Å². The van der Waals surface area contributed by atoms with Crippen LogP contribution in [-0.4, -0.2) is 5.11 Å². The fraction of sp³-hybridized carbons (Fsp3) is 0.250. The number of rotatable bonds is 5. The quantitative estimate of drug-likeness (QED) is 0.749. The standard InChI is InChI=1S/C16H16Cl3NO/c1-10(13-6-7-14(17)16(19)15(13)18)20-8-11-2-4-12(9-21)5-3-11/h2-7,10,20-21H,8-9H2,1H3. The fourth-order valence-corrected chi connectivity index (χ4v) is 2.73. The minimum absolute atomic E-state index is 0.0461. The van der Waals surface area contributed by atoms with Crippen LogP contribution in [-0.2, 0) is 13.2 Å². The Labute approximate surface area is 139 Å². The predicted octanol–water partition coefficient (Wildman–Crippen LogP) is 4.99. The molecule has 0 heterocycles. The Hall–Kier alpha value is -0.770. The number of aliphatic hydroxyl groups excluding tert-OH is 1. The smallest absolute Gasteiger partial charge is 0.0781 e.